The summed E-state index contributed by atoms with van der Waals surface area (Å²) in [5.41, 5.74) is 1.17. The van der Waals surface area contributed by atoms with Gasteiger partial charge in [0.1, 0.15) is 5.75 Å². The molecule has 1 atom stereocenters. The van der Waals surface area contributed by atoms with Gasteiger partial charge in [0.2, 0.25) is 0 Å². The zero-order valence-electron chi connectivity index (χ0n) is 12.5. The largest absolute Gasteiger partial charge is 0.481 e. The molecule has 0 aliphatic carbocycles. The molecule has 0 spiro atoms. The number of hydrogen-bond acceptors (Lipinski definition) is 3. The van der Waals surface area contributed by atoms with Gasteiger partial charge < -0.3 is 14.6 Å². The zero-order chi connectivity index (χ0) is 15.1. The van der Waals surface area contributed by atoms with E-state index in [-0.39, 0.29) is 5.91 Å². The third-order valence-electron chi connectivity index (χ3n) is 3.15. The van der Waals surface area contributed by atoms with E-state index in [9.17, 15) is 4.79 Å². The van der Waals surface area contributed by atoms with Crippen molar-refractivity contribution in [2.24, 2.45) is 0 Å². The minimum atomic E-state index is -0.499. The molecule has 1 amide bonds. The standard InChI is InChI=1S/C16H21N3O2/c1-13-4-6-15(7-5-13)21-14(2)16(20)18-8-3-10-19-11-9-17-12-19/h4-7,9,11-12,14H,3,8,10H2,1-2H3,(H,18,20)/t14-/m0/s1. The Bertz CT molecular complexity index is 549. The third-order valence-corrected chi connectivity index (χ3v) is 3.15. The van der Waals surface area contributed by atoms with Crippen molar-refractivity contribution in [1.29, 1.82) is 0 Å². The maximum atomic E-state index is 11.9. The predicted octanol–water partition coefficient (Wildman–Crippen LogP) is 2.17. The van der Waals surface area contributed by atoms with Crippen molar-refractivity contribution in [2.45, 2.75) is 32.9 Å². The van der Waals surface area contributed by atoms with Gasteiger partial charge >= 0.3 is 0 Å². The van der Waals surface area contributed by atoms with Gasteiger partial charge in [0.15, 0.2) is 6.10 Å². The zero-order valence-corrected chi connectivity index (χ0v) is 12.5. The molecule has 0 bridgehead atoms. The van der Waals surface area contributed by atoms with Crippen LogP contribution in [-0.2, 0) is 11.3 Å². The molecule has 2 rings (SSSR count). The maximum absolute atomic E-state index is 11.9. The first-order valence-electron chi connectivity index (χ1n) is 7.12. The van der Waals surface area contributed by atoms with E-state index < -0.39 is 6.10 Å². The van der Waals surface area contributed by atoms with Crippen LogP contribution in [0.5, 0.6) is 5.75 Å². The molecule has 0 aliphatic rings. The second-order valence-electron chi connectivity index (χ2n) is 5.02. The SMILES string of the molecule is Cc1ccc(O[C@@H](C)C(=O)NCCCn2ccnc2)cc1. The lowest BCUT2D eigenvalue weighted by atomic mass is 10.2. The molecule has 2 aromatic rings. The molecular formula is C16H21N3O2. The van der Waals surface area contributed by atoms with Crippen molar-refractivity contribution in [3.8, 4) is 5.75 Å². The summed E-state index contributed by atoms with van der Waals surface area (Å²) in [5, 5.41) is 2.88. The summed E-state index contributed by atoms with van der Waals surface area (Å²) in [6, 6.07) is 7.67. The summed E-state index contributed by atoms with van der Waals surface area (Å²) in [5.74, 6) is 0.614. The van der Waals surface area contributed by atoms with Crippen molar-refractivity contribution in [1.82, 2.24) is 14.9 Å². The highest BCUT2D eigenvalue weighted by Gasteiger charge is 2.13. The van der Waals surface area contributed by atoms with Crippen LogP contribution in [0.25, 0.3) is 0 Å². The van der Waals surface area contributed by atoms with Crippen LogP contribution in [0.2, 0.25) is 0 Å². The highest BCUT2D eigenvalue weighted by molar-refractivity contribution is 5.80. The van der Waals surface area contributed by atoms with E-state index in [0.717, 1.165) is 13.0 Å². The third kappa shape index (κ3) is 4.95. The number of nitrogens with one attached hydrogen (secondary N) is 1. The number of benzene rings is 1. The van der Waals surface area contributed by atoms with E-state index in [1.807, 2.05) is 42.0 Å². The number of imidazole rings is 1. The number of aromatic nitrogens is 2. The number of nitrogens with zero attached hydrogens (tertiary/aromatic N) is 2. The Hall–Kier alpha value is -2.30. The van der Waals surface area contributed by atoms with Crippen molar-refractivity contribution >= 4 is 5.91 Å². The average molecular weight is 287 g/mol. The van der Waals surface area contributed by atoms with Crippen LogP contribution in [0.1, 0.15) is 18.9 Å². The number of aryl methyl sites for hydroxylation is 2. The molecule has 1 aromatic carbocycles. The highest BCUT2D eigenvalue weighted by atomic mass is 16.5. The fourth-order valence-corrected chi connectivity index (χ4v) is 1.91. The maximum Gasteiger partial charge on any atom is 0.260 e. The molecule has 0 saturated carbocycles. The number of ether oxygens (including phenoxy) is 1. The summed E-state index contributed by atoms with van der Waals surface area (Å²) >= 11 is 0. The monoisotopic (exact) mass is 287 g/mol. The Labute approximate surface area is 125 Å². The Morgan fingerprint density at radius 1 is 1.38 bits per heavy atom. The van der Waals surface area contributed by atoms with E-state index in [2.05, 4.69) is 10.3 Å². The second kappa shape index (κ2) is 7.47. The Morgan fingerprint density at radius 2 is 2.14 bits per heavy atom. The number of amides is 1. The van der Waals surface area contributed by atoms with Gasteiger partial charge in [0, 0.05) is 25.5 Å². The molecule has 1 heterocycles. The molecule has 1 aromatic heterocycles. The van der Waals surface area contributed by atoms with Gasteiger partial charge in [-0.15, -0.1) is 0 Å². The van der Waals surface area contributed by atoms with Crippen molar-refractivity contribution < 1.29 is 9.53 Å². The normalized spacial score (nSPS) is 11.9. The second-order valence-corrected chi connectivity index (χ2v) is 5.02. The minimum Gasteiger partial charge on any atom is -0.481 e. The molecule has 0 unspecified atom stereocenters. The van der Waals surface area contributed by atoms with E-state index in [1.54, 1.807) is 19.4 Å². The van der Waals surface area contributed by atoms with Gasteiger partial charge in [0.05, 0.1) is 6.33 Å². The predicted molar refractivity (Wildman–Crippen MR) is 81.1 cm³/mol. The molecule has 0 saturated heterocycles. The smallest absolute Gasteiger partial charge is 0.260 e. The van der Waals surface area contributed by atoms with Gasteiger partial charge in [-0.3, -0.25) is 4.79 Å². The fourth-order valence-electron chi connectivity index (χ4n) is 1.91. The van der Waals surface area contributed by atoms with Gasteiger partial charge in [-0.2, -0.15) is 0 Å². The molecule has 0 radical (unpaired) electrons. The van der Waals surface area contributed by atoms with Crippen LogP contribution in [0.4, 0.5) is 0 Å². The Kier molecular flexibility index (Phi) is 5.37. The van der Waals surface area contributed by atoms with Crippen LogP contribution < -0.4 is 10.1 Å². The molecule has 112 valence electrons. The lowest BCUT2D eigenvalue weighted by Gasteiger charge is -2.15. The molecule has 21 heavy (non-hydrogen) atoms. The summed E-state index contributed by atoms with van der Waals surface area (Å²) in [6.07, 6.45) is 5.78. The molecule has 1 N–H and O–H groups in total. The molecular weight excluding hydrogens is 266 g/mol. The number of carbonyl (C=O) groups is 1. The number of rotatable bonds is 7. The lowest BCUT2D eigenvalue weighted by Crippen LogP contribution is -2.37. The first-order valence-corrected chi connectivity index (χ1v) is 7.12. The van der Waals surface area contributed by atoms with E-state index in [4.69, 9.17) is 4.74 Å². The lowest BCUT2D eigenvalue weighted by molar-refractivity contribution is -0.127. The molecule has 5 nitrogen and oxygen atoms in total. The molecule has 0 fully saturated rings. The summed E-state index contributed by atoms with van der Waals surface area (Å²) < 4.78 is 7.59. The molecule has 0 aliphatic heterocycles. The Balaban J connectivity index is 1.68. The van der Waals surface area contributed by atoms with Crippen LogP contribution in [0.3, 0.4) is 0 Å². The van der Waals surface area contributed by atoms with Crippen LogP contribution in [0.15, 0.2) is 43.0 Å². The highest BCUT2D eigenvalue weighted by Crippen LogP contribution is 2.13. The minimum absolute atomic E-state index is 0.0961. The average Bonchev–Trinajstić information content (AvgIpc) is 2.99. The number of carbonyl (C=O) groups excluding carboxylic acids is 1. The first-order chi connectivity index (χ1) is 10.1. The summed E-state index contributed by atoms with van der Waals surface area (Å²) in [4.78, 5) is 15.9. The van der Waals surface area contributed by atoms with Gasteiger partial charge in [-0.1, -0.05) is 17.7 Å². The van der Waals surface area contributed by atoms with Crippen molar-refractivity contribution in [3.63, 3.8) is 0 Å². The van der Waals surface area contributed by atoms with Crippen LogP contribution in [-0.4, -0.2) is 28.1 Å². The Morgan fingerprint density at radius 3 is 2.81 bits per heavy atom. The van der Waals surface area contributed by atoms with Gasteiger partial charge in [0.25, 0.3) is 5.91 Å². The molecule has 5 heteroatoms. The number of hydrogen-bond donors (Lipinski definition) is 1. The first kappa shape index (κ1) is 15.1. The summed E-state index contributed by atoms with van der Waals surface area (Å²) in [6.45, 7) is 5.23. The van der Waals surface area contributed by atoms with Crippen LogP contribution in [0, 0.1) is 6.92 Å². The van der Waals surface area contributed by atoms with Crippen molar-refractivity contribution in [3.05, 3.63) is 48.5 Å². The van der Waals surface area contributed by atoms with Gasteiger partial charge in [-0.05, 0) is 32.4 Å². The van der Waals surface area contributed by atoms with E-state index in [1.165, 1.54) is 5.56 Å². The van der Waals surface area contributed by atoms with Crippen molar-refractivity contribution in [2.75, 3.05) is 6.54 Å². The summed E-state index contributed by atoms with van der Waals surface area (Å²) in [7, 11) is 0. The topological polar surface area (TPSA) is 56.1 Å². The van der Waals surface area contributed by atoms with Gasteiger partial charge in [-0.25, -0.2) is 4.98 Å². The van der Waals surface area contributed by atoms with E-state index >= 15 is 0 Å². The fraction of sp³-hybridized carbons (Fsp3) is 0.375. The quantitative estimate of drug-likeness (QED) is 0.794. The van der Waals surface area contributed by atoms with Crippen LogP contribution >= 0.6 is 0 Å². The van der Waals surface area contributed by atoms with E-state index in [0.29, 0.717) is 12.3 Å².